The van der Waals surface area contributed by atoms with Gasteiger partial charge in [-0.2, -0.15) is 0 Å². The summed E-state index contributed by atoms with van der Waals surface area (Å²) in [5, 5.41) is 3.44. The minimum Gasteiger partial charge on any atom is -0.494 e. The Kier molecular flexibility index (Phi) is 2.92. The first-order valence-corrected chi connectivity index (χ1v) is 6.68. The van der Waals surface area contributed by atoms with Gasteiger partial charge in [0.1, 0.15) is 4.60 Å². The van der Waals surface area contributed by atoms with Crippen molar-refractivity contribution in [1.82, 2.24) is 10.3 Å². The minimum atomic E-state index is 0.708. The zero-order valence-electron chi connectivity index (χ0n) is 9.74. The lowest BCUT2D eigenvalue weighted by molar-refractivity contribution is 0.409. The predicted octanol–water partition coefficient (Wildman–Crippen LogP) is 2.48. The van der Waals surface area contributed by atoms with Crippen LogP contribution in [0.25, 0.3) is 5.57 Å². The third-order valence-electron chi connectivity index (χ3n) is 3.69. The summed E-state index contributed by atoms with van der Waals surface area (Å²) in [5.74, 6) is 2.29. The summed E-state index contributed by atoms with van der Waals surface area (Å²) in [6, 6.07) is 2.07. The van der Waals surface area contributed by atoms with Crippen LogP contribution in [0.3, 0.4) is 0 Å². The van der Waals surface area contributed by atoms with Crippen LogP contribution in [-0.2, 0) is 0 Å². The van der Waals surface area contributed by atoms with E-state index in [0.29, 0.717) is 5.92 Å². The molecule has 1 N–H and O–H groups in total. The van der Waals surface area contributed by atoms with Gasteiger partial charge in [-0.25, -0.2) is 4.98 Å². The average Bonchev–Trinajstić information content (AvgIpc) is 2.90. The first kappa shape index (κ1) is 11.2. The molecule has 1 aromatic rings. The normalized spacial score (nSPS) is 26.8. The van der Waals surface area contributed by atoms with E-state index in [2.05, 4.69) is 38.4 Å². The fourth-order valence-electron chi connectivity index (χ4n) is 2.74. The minimum absolute atomic E-state index is 0.708. The van der Waals surface area contributed by atoms with E-state index in [1.54, 1.807) is 7.11 Å². The van der Waals surface area contributed by atoms with Gasteiger partial charge in [0.2, 0.25) is 0 Å². The number of halogens is 1. The quantitative estimate of drug-likeness (QED) is 0.851. The van der Waals surface area contributed by atoms with Crippen LogP contribution in [0.4, 0.5) is 0 Å². The van der Waals surface area contributed by atoms with E-state index in [-0.39, 0.29) is 0 Å². The maximum atomic E-state index is 5.29. The monoisotopic (exact) mass is 294 g/mol. The molecule has 4 heteroatoms. The number of hydrogen-bond donors (Lipinski definition) is 1. The molecular weight excluding hydrogens is 280 g/mol. The number of nitrogens with one attached hydrogen (secondary N) is 1. The number of fused-ring (bicyclic) bond motifs is 1. The van der Waals surface area contributed by atoms with Gasteiger partial charge < -0.3 is 10.1 Å². The molecule has 0 aromatic carbocycles. The molecule has 1 aromatic heterocycles. The highest BCUT2D eigenvalue weighted by Gasteiger charge is 2.31. The van der Waals surface area contributed by atoms with Crippen LogP contribution < -0.4 is 10.1 Å². The zero-order chi connectivity index (χ0) is 11.8. The molecule has 2 atom stereocenters. The standard InChI is InChI=1S/C13H15BrN2O/c1-17-12-4-11(7-16-13(12)14)8-2-9-5-15-6-10(9)3-8/h2,4,7,9-10,15H,3,5-6H2,1H3/t9-,10+/m1/s1. The second-order valence-corrected chi connectivity index (χ2v) is 5.45. The number of hydrogen-bond acceptors (Lipinski definition) is 3. The molecule has 90 valence electrons. The van der Waals surface area contributed by atoms with Gasteiger partial charge in [0.05, 0.1) is 7.11 Å². The topological polar surface area (TPSA) is 34.1 Å². The van der Waals surface area contributed by atoms with Crippen molar-refractivity contribution in [3.05, 3.63) is 28.5 Å². The summed E-state index contributed by atoms with van der Waals surface area (Å²) in [4.78, 5) is 4.32. The second-order valence-electron chi connectivity index (χ2n) is 4.70. The molecule has 0 bridgehead atoms. The summed E-state index contributed by atoms with van der Waals surface area (Å²) < 4.78 is 6.06. The van der Waals surface area contributed by atoms with E-state index in [9.17, 15) is 0 Å². The Morgan fingerprint density at radius 1 is 1.47 bits per heavy atom. The van der Waals surface area contributed by atoms with Crippen LogP contribution in [0.5, 0.6) is 5.75 Å². The van der Waals surface area contributed by atoms with Crippen LogP contribution in [0.15, 0.2) is 22.9 Å². The average molecular weight is 295 g/mol. The summed E-state index contributed by atoms with van der Waals surface area (Å²) in [6.07, 6.45) is 5.48. The number of allylic oxidation sites excluding steroid dienone is 1. The molecule has 17 heavy (non-hydrogen) atoms. The third kappa shape index (κ3) is 2.00. The second kappa shape index (κ2) is 4.42. The Labute approximate surface area is 109 Å². The summed E-state index contributed by atoms with van der Waals surface area (Å²) in [6.45, 7) is 2.26. The Balaban J connectivity index is 1.90. The molecule has 1 aliphatic heterocycles. The van der Waals surface area contributed by atoms with E-state index in [4.69, 9.17) is 4.74 Å². The van der Waals surface area contributed by atoms with E-state index >= 15 is 0 Å². The smallest absolute Gasteiger partial charge is 0.152 e. The molecule has 0 spiro atoms. The largest absolute Gasteiger partial charge is 0.494 e. The number of methoxy groups -OCH3 is 1. The van der Waals surface area contributed by atoms with Crippen molar-refractivity contribution in [2.45, 2.75) is 6.42 Å². The van der Waals surface area contributed by atoms with Crippen LogP contribution in [-0.4, -0.2) is 25.2 Å². The number of aromatic nitrogens is 1. The fraction of sp³-hybridized carbons (Fsp3) is 0.462. The molecule has 2 heterocycles. The molecule has 1 saturated heterocycles. The molecule has 0 unspecified atom stereocenters. The first-order valence-electron chi connectivity index (χ1n) is 5.89. The van der Waals surface area contributed by atoms with Crippen molar-refractivity contribution in [1.29, 1.82) is 0 Å². The number of ether oxygens (including phenoxy) is 1. The van der Waals surface area contributed by atoms with Crippen LogP contribution in [0, 0.1) is 11.8 Å². The molecule has 3 rings (SSSR count). The van der Waals surface area contributed by atoms with Crippen molar-refractivity contribution in [3.8, 4) is 5.75 Å². The third-order valence-corrected chi connectivity index (χ3v) is 4.28. The molecule has 2 aliphatic rings. The van der Waals surface area contributed by atoms with Crippen molar-refractivity contribution in [3.63, 3.8) is 0 Å². The molecule has 0 radical (unpaired) electrons. The van der Waals surface area contributed by atoms with Gasteiger partial charge in [-0.3, -0.25) is 0 Å². The molecule has 0 amide bonds. The number of rotatable bonds is 2. The van der Waals surface area contributed by atoms with E-state index in [0.717, 1.165) is 35.8 Å². The predicted molar refractivity (Wildman–Crippen MR) is 70.9 cm³/mol. The van der Waals surface area contributed by atoms with Crippen LogP contribution >= 0.6 is 15.9 Å². The Bertz CT molecular complexity index is 472. The van der Waals surface area contributed by atoms with Gasteiger partial charge in [-0.1, -0.05) is 6.08 Å². The van der Waals surface area contributed by atoms with Gasteiger partial charge in [0, 0.05) is 12.7 Å². The lowest BCUT2D eigenvalue weighted by Gasteiger charge is -2.08. The zero-order valence-corrected chi connectivity index (χ0v) is 11.3. The van der Waals surface area contributed by atoms with E-state index in [1.165, 1.54) is 11.1 Å². The van der Waals surface area contributed by atoms with Crippen LogP contribution in [0.1, 0.15) is 12.0 Å². The lowest BCUT2D eigenvalue weighted by atomic mass is 9.99. The molecule has 0 saturated carbocycles. The van der Waals surface area contributed by atoms with E-state index in [1.807, 2.05) is 6.20 Å². The van der Waals surface area contributed by atoms with Gasteiger partial charge in [-0.15, -0.1) is 0 Å². The highest BCUT2D eigenvalue weighted by Crippen LogP contribution is 2.39. The molecule has 3 nitrogen and oxygen atoms in total. The Hall–Kier alpha value is -0.870. The fourth-order valence-corrected chi connectivity index (χ4v) is 3.12. The molecular formula is C13H15BrN2O. The summed E-state index contributed by atoms with van der Waals surface area (Å²) in [5.41, 5.74) is 2.61. The summed E-state index contributed by atoms with van der Waals surface area (Å²) >= 11 is 3.38. The van der Waals surface area contributed by atoms with Crippen LogP contribution in [0.2, 0.25) is 0 Å². The van der Waals surface area contributed by atoms with Crippen molar-refractivity contribution in [2.75, 3.05) is 20.2 Å². The van der Waals surface area contributed by atoms with Gasteiger partial charge in [0.15, 0.2) is 5.75 Å². The molecule has 1 fully saturated rings. The Morgan fingerprint density at radius 2 is 2.35 bits per heavy atom. The number of pyridine rings is 1. The van der Waals surface area contributed by atoms with E-state index < -0.39 is 0 Å². The maximum Gasteiger partial charge on any atom is 0.152 e. The molecule has 1 aliphatic carbocycles. The summed E-state index contributed by atoms with van der Waals surface area (Å²) in [7, 11) is 1.67. The van der Waals surface area contributed by atoms with Gasteiger partial charge in [-0.05, 0) is 57.9 Å². The van der Waals surface area contributed by atoms with Crippen molar-refractivity contribution in [2.24, 2.45) is 11.8 Å². The first-order chi connectivity index (χ1) is 8.28. The lowest BCUT2D eigenvalue weighted by Crippen LogP contribution is -2.09. The maximum absolute atomic E-state index is 5.29. The highest BCUT2D eigenvalue weighted by molar-refractivity contribution is 9.10. The Morgan fingerprint density at radius 3 is 3.12 bits per heavy atom. The van der Waals surface area contributed by atoms with Gasteiger partial charge in [0.25, 0.3) is 0 Å². The SMILES string of the molecule is COc1cc(C2=C[C@@H]3CNC[C@@H]3C2)cnc1Br. The van der Waals surface area contributed by atoms with Gasteiger partial charge >= 0.3 is 0 Å². The highest BCUT2D eigenvalue weighted by atomic mass is 79.9. The number of nitrogens with zero attached hydrogens (tertiary/aromatic N) is 1. The van der Waals surface area contributed by atoms with Crippen molar-refractivity contribution >= 4 is 21.5 Å². The van der Waals surface area contributed by atoms with Crippen molar-refractivity contribution < 1.29 is 4.74 Å².